The van der Waals surface area contributed by atoms with Crippen LogP contribution in [0, 0.1) is 0 Å². The highest BCUT2D eigenvalue weighted by atomic mass is 16.5. The Labute approximate surface area is 106 Å². The van der Waals surface area contributed by atoms with Gasteiger partial charge in [0, 0.05) is 11.6 Å². The van der Waals surface area contributed by atoms with E-state index in [0.717, 1.165) is 17.6 Å². The topological polar surface area (TPSA) is 43.4 Å². The molecule has 0 aliphatic heterocycles. The van der Waals surface area contributed by atoms with Crippen molar-refractivity contribution in [1.29, 1.82) is 0 Å². The number of fused-ring (bicyclic) bond motifs is 1. The maximum atomic E-state index is 12.1. The molecular weight excluding hydrogens is 228 g/mol. The van der Waals surface area contributed by atoms with Crippen LogP contribution in [0.4, 0.5) is 0 Å². The molecule has 0 spiro atoms. The van der Waals surface area contributed by atoms with Crippen molar-refractivity contribution in [1.82, 2.24) is 0 Å². The Morgan fingerprint density at radius 2 is 2.06 bits per heavy atom. The van der Waals surface area contributed by atoms with E-state index in [1.807, 2.05) is 32.0 Å². The molecule has 3 heteroatoms. The van der Waals surface area contributed by atoms with Gasteiger partial charge in [-0.2, -0.15) is 0 Å². The smallest absolute Gasteiger partial charge is 0.331 e. The van der Waals surface area contributed by atoms with Crippen molar-refractivity contribution < 1.29 is 14.3 Å². The second kappa shape index (κ2) is 5.17. The number of allylic oxidation sites excluding steroid dienone is 1. The quantitative estimate of drug-likeness (QED) is 0.593. The van der Waals surface area contributed by atoms with Gasteiger partial charge in [-0.15, -0.1) is 0 Å². The van der Waals surface area contributed by atoms with Crippen LogP contribution >= 0.6 is 0 Å². The number of ketones is 1. The number of esters is 1. The van der Waals surface area contributed by atoms with Gasteiger partial charge in [0.05, 0.1) is 0 Å². The maximum absolute atomic E-state index is 12.1. The summed E-state index contributed by atoms with van der Waals surface area (Å²) in [5.74, 6) is -0.528. The Hall–Kier alpha value is -1.90. The molecule has 0 bridgehead atoms. The molecule has 0 amide bonds. The molecule has 1 atom stereocenters. The van der Waals surface area contributed by atoms with Crippen molar-refractivity contribution in [3.05, 3.63) is 47.0 Å². The fraction of sp³-hybridized carbons (Fsp3) is 0.333. The lowest BCUT2D eigenvalue weighted by Gasteiger charge is -2.22. The van der Waals surface area contributed by atoms with Crippen molar-refractivity contribution in [2.75, 3.05) is 0 Å². The van der Waals surface area contributed by atoms with Crippen LogP contribution in [0.5, 0.6) is 0 Å². The molecular formula is C15H16O3. The van der Waals surface area contributed by atoms with E-state index in [9.17, 15) is 9.59 Å². The van der Waals surface area contributed by atoms with Crippen molar-refractivity contribution >= 4 is 11.8 Å². The Kier molecular flexibility index (Phi) is 3.60. The summed E-state index contributed by atoms with van der Waals surface area (Å²) in [7, 11) is 0. The first-order chi connectivity index (χ1) is 8.58. The van der Waals surface area contributed by atoms with Crippen molar-refractivity contribution in [2.24, 2.45) is 0 Å². The molecule has 94 valence electrons. The SMILES string of the molecule is CC(C)=CC(=O)OC1CCc2ccccc2C1=O. The molecule has 1 aliphatic carbocycles. The molecule has 18 heavy (non-hydrogen) atoms. The van der Waals surface area contributed by atoms with E-state index in [-0.39, 0.29) is 5.78 Å². The van der Waals surface area contributed by atoms with Gasteiger partial charge in [0.25, 0.3) is 0 Å². The van der Waals surface area contributed by atoms with Crippen molar-refractivity contribution in [3.8, 4) is 0 Å². The standard InChI is InChI=1S/C15H16O3/c1-10(2)9-14(16)18-13-8-7-11-5-3-4-6-12(11)15(13)17/h3-6,9,13H,7-8H2,1-2H3. The van der Waals surface area contributed by atoms with E-state index in [2.05, 4.69) is 0 Å². The molecule has 1 aromatic carbocycles. The van der Waals surface area contributed by atoms with E-state index in [0.29, 0.717) is 12.0 Å². The van der Waals surface area contributed by atoms with Crippen LogP contribution < -0.4 is 0 Å². The zero-order valence-corrected chi connectivity index (χ0v) is 10.6. The fourth-order valence-electron chi connectivity index (χ4n) is 2.09. The lowest BCUT2D eigenvalue weighted by atomic mass is 9.89. The van der Waals surface area contributed by atoms with Crippen LogP contribution in [-0.2, 0) is 16.0 Å². The van der Waals surface area contributed by atoms with E-state index in [1.54, 1.807) is 6.07 Å². The Morgan fingerprint density at radius 1 is 1.33 bits per heavy atom. The Balaban J connectivity index is 2.13. The third-order valence-corrected chi connectivity index (χ3v) is 2.92. The van der Waals surface area contributed by atoms with Crippen LogP contribution in [0.1, 0.15) is 36.2 Å². The molecule has 3 nitrogen and oxygen atoms in total. The predicted molar refractivity (Wildman–Crippen MR) is 68.4 cm³/mol. The molecule has 1 aliphatic rings. The number of hydrogen-bond donors (Lipinski definition) is 0. The number of rotatable bonds is 2. The molecule has 1 unspecified atom stereocenters. The minimum atomic E-state index is -0.636. The Morgan fingerprint density at radius 3 is 2.78 bits per heavy atom. The summed E-state index contributed by atoms with van der Waals surface area (Å²) in [6.45, 7) is 3.64. The van der Waals surface area contributed by atoms with Gasteiger partial charge in [-0.3, -0.25) is 4.79 Å². The highest BCUT2D eigenvalue weighted by Crippen LogP contribution is 2.23. The lowest BCUT2D eigenvalue weighted by Crippen LogP contribution is -2.31. The molecule has 1 aromatic rings. The molecule has 0 fully saturated rings. The van der Waals surface area contributed by atoms with E-state index in [4.69, 9.17) is 4.74 Å². The van der Waals surface area contributed by atoms with Gasteiger partial charge in [0.1, 0.15) is 0 Å². The number of benzene rings is 1. The summed E-state index contributed by atoms with van der Waals surface area (Å²) >= 11 is 0. The molecule has 0 radical (unpaired) electrons. The van der Waals surface area contributed by atoms with Crippen LogP contribution in [-0.4, -0.2) is 17.9 Å². The van der Waals surface area contributed by atoms with Crippen molar-refractivity contribution in [3.63, 3.8) is 0 Å². The number of carbonyl (C=O) groups is 2. The van der Waals surface area contributed by atoms with Crippen LogP contribution in [0.2, 0.25) is 0 Å². The summed E-state index contributed by atoms with van der Waals surface area (Å²) in [6.07, 6.45) is 2.11. The number of ether oxygens (including phenoxy) is 1. The second-order valence-corrected chi connectivity index (χ2v) is 4.71. The number of aryl methyl sites for hydroxylation is 1. The van der Waals surface area contributed by atoms with Crippen LogP contribution in [0.15, 0.2) is 35.9 Å². The maximum Gasteiger partial charge on any atom is 0.331 e. The van der Waals surface area contributed by atoms with Gasteiger partial charge >= 0.3 is 5.97 Å². The highest BCUT2D eigenvalue weighted by molar-refractivity contribution is 6.03. The molecule has 0 saturated carbocycles. The average molecular weight is 244 g/mol. The zero-order chi connectivity index (χ0) is 13.1. The zero-order valence-electron chi connectivity index (χ0n) is 10.6. The minimum absolute atomic E-state index is 0.0904. The van der Waals surface area contributed by atoms with Crippen molar-refractivity contribution in [2.45, 2.75) is 32.8 Å². The molecule has 0 heterocycles. The van der Waals surface area contributed by atoms with Gasteiger partial charge in [-0.1, -0.05) is 29.8 Å². The summed E-state index contributed by atoms with van der Waals surface area (Å²) in [6, 6.07) is 7.48. The first-order valence-corrected chi connectivity index (χ1v) is 6.05. The van der Waals surface area contributed by atoms with Gasteiger partial charge in [0.15, 0.2) is 6.10 Å². The predicted octanol–water partition coefficient (Wildman–Crippen LogP) is 2.69. The van der Waals surface area contributed by atoms with E-state index >= 15 is 0 Å². The minimum Gasteiger partial charge on any atom is -0.451 e. The molecule has 0 aromatic heterocycles. The summed E-state index contributed by atoms with van der Waals surface area (Å²) < 4.78 is 5.21. The first-order valence-electron chi connectivity index (χ1n) is 6.05. The van der Waals surface area contributed by atoms with E-state index in [1.165, 1.54) is 6.08 Å². The van der Waals surface area contributed by atoms with Gasteiger partial charge < -0.3 is 4.74 Å². The van der Waals surface area contributed by atoms with Crippen LogP contribution in [0.3, 0.4) is 0 Å². The van der Waals surface area contributed by atoms with E-state index < -0.39 is 12.1 Å². The molecule has 0 N–H and O–H groups in total. The Bertz CT molecular complexity index is 510. The molecule has 2 rings (SSSR count). The fourth-order valence-corrected chi connectivity index (χ4v) is 2.09. The number of Topliss-reactive ketones (excluding diaryl/α,β-unsaturated/α-hetero) is 1. The number of carbonyl (C=O) groups excluding carboxylic acids is 2. The largest absolute Gasteiger partial charge is 0.451 e. The highest BCUT2D eigenvalue weighted by Gasteiger charge is 2.29. The average Bonchev–Trinajstić information content (AvgIpc) is 2.32. The van der Waals surface area contributed by atoms with Crippen LogP contribution in [0.25, 0.3) is 0 Å². The monoisotopic (exact) mass is 244 g/mol. The summed E-state index contributed by atoms with van der Waals surface area (Å²) in [5, 5.41) is 0. The second-order valence-electron chi connectivity index (χ2n) is 4.71. The third-order valence-electron chi connectivity index (χ3n) is 2.92. The lowest BCUT2D eigenvalue weighted by molar-refractivity contribution is -0.141. The van der Waals surface area contributed by atoms with Gasteiger partial charge in [-0.05, 0) is 32.3 Å². The molecule has 0 saturated heterocycles. The number of hydrogen-bond acceptors (Lipinski definition) is 3. The first kappa shape index (κ1) is 12.6. The normalized spacial score (nSPS) is 17.9. The summed E-state index contributed by atoms with van der Waals surface area (Å²) in [5.41, 5.74) is 2.58. The van der Waals surface area contributed by atoms with Gasteiger partial charge in [0.2, 0.25) is 5.78 Å². The summed E-state index contributed by atoms with van der Waals surface area (Å²) in [4.78, 5) is 23.7. The van der Waals surface area contributed by atoms with Gasteiger partial charge in [-0.25, -0.2) is 4.79 Å². The third kappa shape index (κ3) is 2.67.